The molecule has 2 aliphatic heterocycles. The minimum absolute atomic E-state index is 0.127. The number of hydrogen-bond donors (Lipinski definition) is 1. The number of piperazine rings is 1. The van der Waals surface area contributed by atoms with E-state index >= 15 is 4.39 Å². The third kappa shape index (κ3) is 6.00. The smallest absolute Gasteiger partial charge is 0.414 e. The topological polar surface area (TPSA) is 108 Å². The summed E-state index contributed by atoms with van der Waals surface area (Å²) in [4.78, 5) is 40.8. The fourth-order valence-corrected chi connectivity index (χ4v) is 4.97. The van der Waals surface area contributed by atoms with Crippen molar-refractivity contribution in [1.82, 2.24) is 10.2 Å². The molecule has 2 saturated heterocycles. The molecular weight excluding hydrogens is 501 g/mol. The minimum atomic E-state index is -0.691. The van der Waals surface area contributed by atoms with E-state index in [4.69, 9.17) is 16.3 Å². The van der Waals surface area contributed by atoms with Gasteiger partial charge in [0.15, 0.2) is 0 Å². The van der Waals surface area contributed by atoms with Crippen molar-refractivity contribution in [1.29, 1.82) is 0 Å². The molecule has 2 aromatic rings. The second-order valence-electron chi connectivity index (χ2n) is 8.37. The summed E-state index contributed by atoms with van der Waals surface area (Å²) in [7, 11) is 0. The van der Waals surface area contributed by atoms with Crippen molar-refractivity contribution in [2.75, 3.05) is 49.1 Å². The van der Waals surface area contributed by atoms with Crippen molar-refractivity contribution in [3.05, 3.63) is 51.1 Å². The van der Waals surface area contributed by atoms with E-state index in [9.17, 15) is 19.7 Å². The van der Waals surface area contributed by atoms with Crippen molar-refractivity contribution in [3.8, 4) is 0 Å². The van der Waals surface area contributed by atoms with Crippen LogP contribution in [0, 0.1) is 15.9 Å². The van der Waals surface area contributed by atoms with E-state index in [1.165, 1.54) is 28.4 Å². The van der Waals surface area contributed by atoms with Gasteiger partial charge in [0.25, 0.3) is 0 Å². The molecular formula is C22H25ClFN5O5S. The van der Waals surface area contributed by atoms with Crippen LogP contribution in [0.3, 0.4) is 0 Å². The zero-order valence-corrected chi connectivity index (χ0v) is 20.6. The number of nitrogens with zero attached hydrogens (tertiary/aromatic N) is 4. The van der Waals surface area contributed by atoms with E-state index in [0.717, 1.165) is 4.88 Å². The summed E-state index contributed by atoms with van der Waals surface area (Å²) in [5.74, 6) is -0.793. The fourth-order valence-electron chi connectivity index (χ4n) is 4.03. The monoisotopic (exact) mass is 525 g/mol. The standard InChI is InChI=1S/C22H25ClFN5O5S/c1-14(23)21(30)25-11-16-12-28(22(31)34-16)15-2-4-19(18(24)10-15)27-8-6-26(7-9-27)13-17-3-5-20(35-17)29(32)33/h2-5,10,14,16H,6-9,11-13H2,1H3,(H,25,30)/t14?,16-/m0/s1. The Labute approximate surface area is 210 Å². The highest BCUT2D eigenvalue weighted by atomic mass is 35.5. The van der Waals surface area contributed by atoms with Gasteiger partial charge < -0.3 is 15.0 Å². The van der Waals surface area contributed by atoms with E-state index in [-0.39, 0.29) is 28.9 Å². The second-order valence-corrected chi connectivity index (χ2v) is 10.2. The molecule has 10 nitrogen and oxygen atoms in total. The maximum atomic E-state index is 15.0. The number of benzene rings is 1. The van der Waals surface area contributed by atoms with Gasteiger partial charge in [-0.15, -0.1) is 11.6 Å². The second kappa shape index (κ2) is 10.8. The van der Waals surface area contributed by atoms with E-state index in [2.05, 4.69) is 10.2 Å². The molecule has 35 heavy (non-hydrogen) atoms. The first-order chi connectivity index (χ1) is 16.7. The predicted octanol–water partition coefficient (Wildman–Crippen LogP) is 3.19. The number of nitrogens with one attached hydrogen (secondary N) is 1. The van der Waals surface area contributed by atoms with E-state index in [0.29, 0.717) is 44.1 Å². The minimum Gasteiger partial charge on any atom is -0.442 e. The van der Waals surface area contributed by atoms with Crippen LogP contribution in [0.5, 0.6) is 0 Å². The highest BCUT2D eigenvalue weighted by Crippen LogP contribution is 2.29. The number of carbonyl (C=O) groups excluding carboxylic acids is 2. The van der Waals surface area contributed by atoms with Crippen molar-refractivity contribution >= 4 is 51.3 Å². The lowest BCUT2D eigenvalue weighted by atomic mass is 10.2. The molecule has 4 rings (SSSR count). The maximum Gasteiger partial charge on any atom is 0.414 e. The predicted molar refractivity (Wildman–Crippen MR) is 131 cm³/mol. The van der Waals surface area contributed by atoms with Gasteiger partial charge in [0.2, 0.25) is 5.91 Å². The number of anilines is 2. The number of rotatable bonds is 8. The fraction of sp³-hybridized carbons (Fsp3) is 0.455. The first-order valence-electron chi connectivity index (χ1n) is 11.1. The molecule has 1 aromatic carbocycles. The third-order valence-corrected chi connectivity index (χ3v) is 7.12. The van der Waals surface area contributed by atoms with Crippen LogP contribution in [-0.4, -0.2) is 72.6 Å². The lowest BCUT2D eigenvalue weighted by Gasteiger charge is -2.36. The molecule has 3 heterocycles. The van der Waals surface area contributed by atoms with Crippen molar-refractivity contribution in [2.24, 2.45) is 0 Å². The zero-order chi connectivity index (χ0) is 25.1. The Morgan fingerprint density at radius 2 is 2.06 bits per heavy atom. The number of ether oxygens (including phenoxy) is 1. The first-order valence-corrected chi connectivity index (χ1v) is 12.4. The van der Waals surface area contributed by atoms with Gasteiger partial charge in [0.1, 0.15) is 17.3 Å². The number of halogens is 2. The molecule has 0 spiro atoms. The van der Waals surface area contributed by atoms with Gasteiger partial charge in [-0.25, -0.2) is 9.18 Å². The molecule has 0 radical (unpaired) electrons. The number of thiophene rings is 1. The van der Waals surface area contributed by atoms with Crippen LogP contribution in [0.2, 0.25) is 0 Å². The van der Waals surface area contributed by atoms with Crippen LogP contribution in [0.4, 0.5) is 25.6 Å². The number of amides is 2. The van der Waals surface area contributed by atoms with E-state index in [1.807, 2.05) is 4.90 Å². The summed E-state index contributed by atoms with van der Waals surface area (Å²) < 4.78 is 20.3. The average Bonchev–Trinajstić information content (AvgIpc) is 3.44. The number of alkyl halides is 1. The highest BCUT2D eigenvalue weighted by molar-refractivity contribution is 7.15. The first kappa shape index (κ1) is 25.1. The lowest BCUT2D eigenvalue weighted by Crippen LogP contribution is -2.46. The number of cyclic esters (lactones) is 1. The van der Waals surface area contributed by atoms with Crippen LogP contribution in [0.1, 0.15) is 11.8 Å². The lowest BCUT2D eigenvalue weighted by molar-refractivity contribution is -0.380. The summed E-state index contributed by atoms with van der Waals surface area (Å²) in [5, 5.41) is 12.9. The molecule has 2 fully saturated rings. The Morgan fingerprint density at radius 3 is 2.69 bits per heavy atom. The molecule has 13 heteroatoms. The molecule has 0 saturated carbocycles. The van der Waals surface area contributed by atoms with Crippen molar-refractivity contribution in [2.45, 2.75) is 24.9 Å². The summed E-state index contributed by atoms with van der Waals surface area (Å²) in [6.07, 6.45) is -1.15. The van der Waals surface area contributed by atoms with Gasteiger partial charge in [0, 0.05) is 43.7 Å². The summed E-state index contributed by atoms with van der Waals surface area (Å²) in [6.45, 7) is 5.09. The van der Waals surface area contributed by atoms with Crippen molar-refractivity contribution < 1.29 is 23.6 Å². The highest BCUT2D eigenvalue weighted by Gasteiger charge is 2.33. The largest absolute Gasteiger partial charge is 0.442 e. The van der Waals surface area contributed by atoms with Gasteiger partial charge in [-0.05, 0) is 31.2 Å². The molecule has 0 bridgehead atoms. The van der Waals surface area contributed by atoms with Crippen LogP contribution in [-0.2, 0) is 16.1 Å². The molecule has 188 valence electrons. The average molecular weight is 526 g/mol. The Morgan fingerprint density at radius 1 is 1.31 bits per heavy atom. The van der Waals surface area contributed by atoms with Gasteiger partial charge in [-0.2, -0.15) is 0 Å². The Bertz CT molecular complexity index is 1110. The SMILES string of the molecule is CC(Cl)C(=O)NC[C@H]1CN(c2ccc(N3CCN(Cc4ccc([N+](=O)[O-])s4)CC3)c(F)c2)C(=O)O1. The molecule has 2 amide bonds. The van der Waals surface area contributed by atoms with E-state index < -0.39 is 23.4 Å². The Balaban J connectivity index is 1.32. The third-order valence-electron chi connectivity index (χ3n) is 5.90. The summed E-state index contributed by atoms with van der Waals surface area (Å²) in [5.41, 5.74) is 0.835. The van der Waals surface area contributed by atoms with Crippen LogP contribution < -0.4 is 15.1 Å². The summed E-state index contributed by atoms with van der Waals surface area (Å²) in [6, 6.07) is 7.93. The van der Waals surface area contributed by atoms with Crippen molar-refractivity contribution in [3.63, 3.8) is 0 Å². The molecule has 1 aromatic heterocycles. The summed E-state index contributed by atoms with van der Waals surface area (Å²) >= 11 is 6.89. The van der Waals surface area contributed by atoms with E-state index in [1.54, 1.807) is 25.1 Å². The Hall–Kier alpha value is -2.96. The van der Waals surface area contributed by atoms with Crippen LogP contribution in [0.25, 0.3) is 0 Å². The Kier molecular flexibility index (Phi) is 7.72. The number of carbonyl (C=O) groups is 2. The molecule has 1 N–H and O–H groups in total. The molecule has 2 aliphatic rings. The van der Waals surface area contributed by atoms with Crippen LogP contribution >= 0.6 is 22.9 Å². The number of hydrogen-bond acceptors (Lipinski definition) is 8. The quantitative estimate of drug-likeness (QED) is 0.320. The van der Waals surface area contributed by atoms with Crippen LogP contribution in [0.15, 0.2) is 30.3 Å². The zero-order valence-electron chi connectivity index (χ0n) is 19.0. The van der Waals surface area contributed by atoms with Gasteiger partial charge >= 0.3 is 11.1 Å². The van der Waals surface area contributed by atoms with Gasteiger partial charge in [-0.3, -0.25) is 24.7 Å². The van der Waals surface area contributed by atoms with Gasteiger partial charge in [0.05, 0.1) is 29.4 Å². The molecule has 0 aliphatic carbocycles. The molecule has 2 atom stereocenters. The number of nitro groups is 1. The maximum absolute atomic E-state index is 15.0. The van der Waals surface area contributed by atoms with Gasteiger partial charge in [-0.1, -0.05) is 11.3 Å². The normalized spacial score (nSPS) is 19.5. The molecule has 1 unspecified atom stereocenters.